The third-order valence-corrected chi connectivity index (χ3v) is 11.8. The number of benzene rings is 9. The van der Waals surface area contributed by atoms with Gasteiger partial charge < -0.3 is 14.2 Å². The van der Waals surface area contributed by atoms with E-state index in [1.807, 2.05) is 12.1 Å². The Hall–Kier alpha value is -7.10. The molecule has 1 heterocycles. The molecule has 0 aliphatic heterocycles. The van der Waals surface area contributed by atoms with Crippen LogP contribution in [-0.4, -0.2) is 0 Å². The normalized spacial score (nSPS) is 13.0. The van der Waals surface area contributed by atoms with Crippen LogP contribution in [0.5, 0.6) is 0 Å². The maximum Gasteiger partial charge on any atom is 0.136 e. The maximum atomic E-state index is 6.35. The van der Waals surface area contributed by atoms with Crippen molar-refractivity contribution >= 4 is 77.6 Å². The Morgan fingerprint density at radius 2 is 0.911 bits per heavy atom. The van der Waals surface area contributed by atoms with Crippen molar-refractivity contribution in [2.24, 2.45) is 0 Å². The Bertz CT molecular complexity index is 3080. The van der Waals surface area contributed by atoms with E-state index in [-0.39, 0.29) is 5.41 Å². The molecule has 11 rings (SSSR count). The van der Waals surface area contributed by atoms with Crippen molar-refractivity contribution in [3.05, 3.63) is 205 Å². The molecule has 9 aromatic carbocycles. The van der Waals surface area contributed by atoms with E-state index in [1.54, 1.807) is 0 Å². The van der Waals surface area contributed by atoms with Crippen LogP contribution in [0, 0.1) is 0 Å². The van der Waals surface area contributed by atoms with E-state index < -0.39 is 0 Å². The molecule has 56 heavy (non-hydrogen) atoms. The lowest BCUT2D eigenvalue weighted by atomic mass is 9.82. The minimum Gasteiger partial charge on any atom is -0.456 e. The summed E-state index contributed by atoms with van der Waals surface area (Å²) in [6.07, 6.45) is 0. The molecule has 0 radical (unpaired) electrons. The first kappa shape index (κ1) is 32.3. The third-order valence-electron chi connectivity index (χ3n) is 11.8. The van der Waals surface area contributed by atoms with E-state index in [9.17, 15) is 0 Å². The first-order chi connectivity index (χ1) is 27.5. The van der Waals surface area contributed by atoms with Gasteiger partial charge in [-0.3, -0.25) is 0 Å². The van der Waals surface area contributed by atoms with Gasteiger partial charge in [0.05, 0.1) is 0 Å². The zero-order valence-corrected chi connectivity index (χ0v) is 31.3. The SMILES string of the molecule is CC1(C)c2ccccc2-c2ccc(N(c3cccc(N(c4ccccc4)c4ccccc4)c3)c3ccc4c(ccc5cc6c(cc54)oc4ccccc46)c3)cc21. The van der Waals surface area contributed by atoms with Crippen molar-refractivity contribution in [3.63, 3.8) is 0 Å². The molecule has 3 nitrogen and oxygen atoms in total. The van der Waals surface area contributed by atoms with Crippen LogP contribution in [0.25, 0.3) is 54.6 Å². The van der Waals surface area contributed by atoms with Gasteiger partial charge in [-0.25, -0.2) is 0 Å². The summed E-state index contributed by atoms with van der Waals surface area (Å²) in [6.45, 7) is 4.70. The molecule has 0 fully saturated rings. The minimum absolute atomic E-state index is 0.128. The molecular formula is C53H38N2O. The summed E-state index contributed by atoms with van der Waals surface area (Å²) in [5.41, 5.74) is 13.6. The van der Waals surface area contributed by atoms with Crippen molar-refractivity contribution in [2.45, 2.75) is 19.3 Å². The highest BCUT2D eigenvalue weighted by Gasteiger charge is 2.35. The van der Waals surface area contributed by atoms with Crippen molar-refractivity contribution in [1.29, 1.82) is 0 Å². The van der Waals surface area contributed by atoms with Crippen molar-refractivity contribution < 1.29 is 4.42 Å². The lowest BCUT2D eigenvalue weighted by Gasteiger charge is -2.30. The Morgan fingerprint density at radius 1 is 0.339 bits per heavy atom. The van der Waals surface area contributed by atoms with E-state index in [1.165, 1.54) is 43.8 Å². The van der Waals surface area contributed by atoms with Gasteiger partial charge in [0.2, 0.25) is 0 Å². The fourth-order valence-corrected chi connectivity index (χ4v) is 9.06. The predicted molar refractivity (Wildman–Crippen MR) is 236 cm³/mol. The monoisotopic (exact) mass is 718 g/mol. The van der Waals surface area contributed by atoms with Crippen LogP contribution in [0.3, 0.4) is 0 Å². The molecule has 0 atom stereocenters. The highest BCUT2D eigenvalue weighted by atomic mass is 16.3. The number of anilines is 6. The lowest BCUT2D eigenvalue weighted by molar-refractivity contribution is 0.660. The molecule has 0 bridgehead atoms. The van der Waals surface area contributed by atoms with Crippen LogP contribution in [0.1, 0.15) is 25.0 Å². The number of hydrogen-bond acceptors (Lipinski definition) is 3. The van der Waals surface area contributed by atoms with Crippen LogP contribution in [0.15, 0.2) is 199 Å². The minimum atomic E-state index is -0.128. The summed E-state index contributed by atoms with van der Waals surface area (Å²) >= 11 is 0. The zero-order chi connectivity index (χ0) is 37.4. The Morgan fingerprint density at radius 3 is 1.68 bits per heavy atom. The van der Waals surface area contributed by atoms with Crippen molar-refractivity contribution in [2.75, 3.05) is 9.80 Å². The average Bonchev–Trinajstić information content (AvgIpc) is 3.72. The highest BCUT2D eigenvalue weighted by molar-refractivity contribution is 6.16. The second kappa shape index (κ2) is 12.5. The number of rotatable bonds is 6. The summed E-state index contributed by atoms with van der Waals surface area (Å²) in [5.74, 6) is 0. The molecule has 0 spiro atoms. The fourth-order valence-electron chi connectivity index (χ4n) is 9.06. The van der Waals surface area contributed by atoms with Gasteiger partial charge in [-0.1, -0.05) is 123 Å². The van der Waals surface area contributed by atoms with Gasteiger partial charge in [0, 0.05) is 50.3 Å². The second-order valence-electron chi connectivity index (χ2n) is 15.4. The topological polar surface area (TPSA) is 19.6 Å². The van der Waals surface area contributed by atoms with Gasteiger partial charge in [0.25, 0.3) is 0 Å². The molecular weight excluding hydrogens is 681 g/mol. The molecule has 1 aliphatic rings. The third kappa shape index (κ3) is 5.05. The molecule has 3 heteroatoms. The average molecular weight is 719 g/mol. The number of hydrogen-bond donors (Lipinski definition) is 0. The molecule has 1 aromatic heterocycles. The number of furan rings is 1. The maximum absolute atomic E-state index is 6.35. The summed E-state index contributed by atoms with van der Waals surface area (Å²) < 4.78 is 6.35. The first-order valence-electron chi connectivity index (χ1n) is 19.3. The van der Waals surface area contributed by atoms with Gasteiger partial charge in [0.15, 0.2) is 0 Å². The summed E-state index contributed by atoms with van der Waals surface area (Å²) in [5, 5.41) is 7.07. The van der Waals surface area contributed by atoms with E-state index >= 15 is 0 Å². The summed E-state index contributed by atoms with van der Waals surface area (Å²) in [6, 6.07) is 70.2. The van der Waals surface area contributed by atoms with Gasteiger partial charge in [-0.05, 0) is 129 Å². The Labute approximate surface area is 326 Å². The predicted octanol–water partition coefficient (Wildman–Crippen LogP) is 15.1. The Kier molecular flexibility index (Phi) is 7.20. The fraction of sp³-hybridized carbons (Fsp3) is 0.0566. The summed E-state index contributed by atoms with van der Waals surface area (Å²) in [4.78, 5) is 4.75. The van der Waals surface area contributed by atoms with Crippen LogP contribution in [0.4, 0.5) is 34.1 Å². The second-order valence-corrected chi connectivity index (χ2v) is 15.4. The van der Waals surface area contributed by atoms with E-state index in [4.69, 9.17) is 4.42 Å². The van der Waals surface area contributed by atoms with Gasteiger partial charge in [-0.2, -0.15) is 0 Å². The van der Waals surface area contributed by atoms with Gasteiger partial charge >= 0.3 is 0 Å². The molecule has 0 unspecified atom stereocenters. The standard InChI is InChI=1S/C53H38N2O/c1-53(2)49-22-11-9-20-44(49)45-29-27-42(33-50(45)53)55(40-19-13-18-39(32-40)54(37-14-5-3-6-15-37)38-16-7-4-8-17-38)41-26-28-43-35(30-41)24-25-36-31-48-46-21-10-12-23-51(46)56-52(48)34-47(36)43/h3-34H,1-2H3. The van der Waals surface area contributed by atoms with Crippen LogP contribution in [-0.2, 0) is 5.41 Å². The number of para-hydroxylation sites is 3. The molecule has 0 saturated carbocycles. The summed E-state index contributed by atoms with van der Waals surface area (Å²) in [7, 11) is 0. The first-order valence-corrected chi connectivity index (χ1v) is 19.3. The largest absolute Gasteiger partial charge is 0.456 e. The lowest BCUT2D eigenvalue weighted by Crippen LogP contribution is -2.17. The van der Waals surface area contributed by atoms with Crippen LogP contribution < -0.4 is 9.80 Å². The Balaban J connectivity index is 1.10. The van der Waals surface area contributed by atoms with Crippen LogP contribution in [0.2, 0.25) is 0 Å². The molecule has 0 N–H and O–H groups in total. The number of fused-ring (bicyclic) bond motifs is 9. The van der Waals surface area contributed by atoms with Crippen molar-refractivity contribution in [1.82, 2.24) is 0 Å². The number of nitrogens with zero attached hydrogens (tertiary/aromatic N) is 2. The molecule has 0 amide bonds. The van der Waals surface area contributed by atoms with E-state index in [0.29, 0.717) is 0 Å². The molecule has 1 aliphatic carbocycles. The van der Waals surface area contributed by atoms with Gasteiger partial charge in [-0.15, -0.1) is 0 Å². The van der Waals surface area contributed by atoms with Crippen LogP contribution >= 0.6 is 0 Å². The van der Waals surface area contributed by atoms with E-state index in [2.05, 4.69) is 206 Å². The van der Waals surface area contributed by atoms with Gasteiger partial charge in [0.1, 0.15) is 11.2 Å². The van der Waals surface area contributed by atoms with Crippen molar-refractivity contribution in [3.8, 4) is 11.1 Å². The smallest absolute Gasteiger partial charge is 0.136 e. The molecule has 266 valence electrons. The van der Waals surface area contributed by atoms with E-state index in [0.717, 1.165) is 56.1 Å². The zero-order valence-electron chi connectivity index (χ0n) is 31.3. The molecule has 0 saturated heterocycles. The molecule has 10 aromatic rings. The highest BCUT2D eigenvalue weighted by Crippen LogP contribution is 2.51. The quantitative estimate of drug-likeness (QED) is 0.160.